The molecule has 2 heterocycles. The minimum atomic E-state index is -0.0572. The molecule has 29 heavy (non-hydrogen) atoms. The van der Waals surface area contributed by atoms with E-state index in [9.17, 15) is 0 Å². The van der Waals surface area contributed by atoms with Crippen molar-refractivity contribution >= 4 is 29.9 Å². The average molecular weight is 515 g/mol. The number of oxazole rings is 1. The number of hydrogen-bond acceptors (Lipinski definition) is 5. The lowest BCUT2D eigenvalue weighted by molar-refractivity contribution is 0.294. The molecule has 8 heteroatoms. The fourth-order valence-electron chi connectivity index (χ4n) is 2.39. The highest BCUT2D eigenvalue weighted by atomic mass is 127. The third-order valence-corrected chi connectivity index (χ3v) is 4.04. The second kappa shape index (κ2) is 12.7. The van der Waals surface area contributed by atoms with Crippen molar-refractivity contribution in [1.82, 2.24) is 20.6 Å². The number of pyridine rings is 1. The molecule has 0 radical (unpaired) electrons. The van der Waals surface area contributed by atoms with Crippen molar-refractivity contribution in [1.29, 1.82) is 0 Å². The predicted molar refractivity (Wildman–Crippen MR) is 127 cm³/mol. The summed E-state index contributed by atoms with van der Waals surface area (Å²) < 4.78 is 11.6. The molecule has 2 N–H and O–H groups in total. The number of aromatic nitrogens is 2. The normalized spacial score (nSPS) is 11.7. The first kappa shape index (κ1) is 25.2. The zero-order valence-corrected chi connectivity index (χ0v) is 20.4. The molecule has 2 aromatic rings. The van der Waals surface area contributed by atoms with Crippen LogP contribution in [0.5, 0.6) is 5.88 Å². The number of halogens is 1. The molecule has 0 amide bonds. The van der Waals surface area contributed by atoms with E-state index in [1.165, 1.54) is 0 Å². The fourth-order valence-corrected chi connectivity index (χ4v) is 2.39. The van der Waals surface area contributed by atoms with Gasteiger partial charge in [0.15, 0.2) is 5.96 Å². The van der Waals surface area contributed by atoms with E-state index >= 15 is 0 Å². The Kier molecular flexibility index (Phi) is 11.0. The zero-order valence-electron chi connectivity index (χ0n) is 18.1. The van der Waals surface area contributed by atoms with Crippen LogP contribution in [0.2, 0.25) is 0 Å². The van der Waals surface area contributed by atoms with Gasteiger partial charge in [-0.25, -0.2) is 15.0 Å². The lowest BCUT2D eigenvalue weighted by Crippen LogP contribution is -2.36. The summed E-state index contributed by atoms with van der Waals surface area (Å²) in [6, 6.07) is 3.89. The van der Waals surface area contributed by atoms with Crippen LogP contribution in [-0.2, 0) is 18.5 Å². The Morgan fingerprint density at radius 2 is 2.00 bits per heavy atom. The molecular weight excluding hydrogens is 481 g/mol. The first-order chi connectivity index (χ1) is 13.4. The molecule has 0 aromatic carbocycles. The predicted octanol–water partition coefficient (Wildman–Crippen LogP) is 4.42. The van der Waals surface area contributed by atoms with Crippen LogP contribution < -0.4 is 15.4 Å². The minimum Gasteiger partial charge on any atom is -0.477 e. The van der Waals surface area contributed by atoms with E-state index in [4.69, 9.17) is 9.15 Å². The summed E-state index contributed by atoms with van der Waals surface area (Å²) >= 11 is 0. The van der Waals surface area contributed by atoms with Gasteiger partial charge in [-0.15, -0.1) is 24.0 Å². The minimum absolute atomic E-state index is 0. The third kappa shape index (κ3) is 8.59. The molecule has 0 unspecified atom stereocenters. The van der Waals surface area contributed by atoms with Gasteiger partial charge in [0, 0.05) is 23.7 Å². The summed E-state index contributed by atoms with van der Waals surface area (Å²) in [5.41, 5.74) is 0.903. The second-order valence-electron chi connectivity index (χ2n) is 7.59. The summed E-state index contributed by atoms with van der Waals surface area (Å²) in [5.74, 6) is 2.86. The lowest BCUT2D eigenvalue weighted by atomic mass is 9.94. The van der Waals surface area contributed by atoms with Crippen LogP contribution in [0, 0.1) is 0 Å². The first-order valence-corrected chi connectivity index (χ1v) is 9.98. The van der Waals surface area contributed by atoms with Gasteiger partial charge in [0.2, 0.25) is 11.8 Å². The number of ether oxygens (including phenoxy) is 1. The van der Waals surface area contributed by atoms with E-state index < -0.39 is 0 Å². The quantitative estimate of drug-likeness (QED) is 0.223. The molecule has 2 aromatic heterocycles. The highest BCUT2D eigenvalue weighted by Crippen LogP contribution is 2.22. The van der Waals surface area contributed by atoms with Gasteiger partial charge in [0.25, 0.3) is 0 Å². The highest BCUT2D eigenvalue weighted by molar-refractivity contribution is 14.0. The van der Waals surface area contributed by atoms with Gasteiger partial charge in [0.05, 0.1) is 25.9 Å². The molecule has 0 aliphatic carbocycles. The van der Waals surface area contributed by atoms with Crippen molar-refractivity contribution in [2.45, 2.75) is 66.0 Å². The Morgan fingerprint density at radius 3 is 2.66 bits per heavy atom. The van der Waals surface area contributed by atoms with Crippen molar-refractivity contribution < 1.29 is 9.15 Å². The van der Waals surface area contributed by atoms with Crippen LogP contribution >= 0.6 is 24.0 Å². The summed E-state index contributed by atoms with van der Waals surface area (Å²) in [5, 5.41) is 6.51. The Balaban J connectivity index is 0.00000420. The largest absolute Gasteiger partial charge is 0.477 e. The number of guanidine groups is 1. The van der Waals surface area contributed by atoms with Gasteiger partial charge < -0.3 is 19.8 Å². The fraction of sp³-hybridized carbons (Fsp3) is 0.571. The summed E-state index contributed by atoms with van der Waals surface area (Å²) in [4.78, 5) is 13.3. The lowest BCUT2D eigenvalue weighted by Gasteiger charge is -2.13. The Labute approximate surface area is 191 Å². The van der Waals surface area contributed by atoms with E-state index in [-0.39, 0.29) is 29.4 Å². The molecule has 0 atom stereocenters. The molecule has 0 aliphatic heterocycles. The van der Waals surface area contributed by atoms with Crippen molar-refractivity contribution in [2.24, 2.45) is 4.99 Å². The number of hydrogen-bond donors (Lipinski definition) is 2. The Morgan fingerprint density at radius 1 is 1.21 bits per heavy atom. The second-order valence-corrected chi connectivity index (χ2v) is 7.59. The third-order valence-electron chi connectivity index (χ3n) is 4.04. The number of aliphatic imine (C=N–C) groups is 1. The first-order valence-electron chi connectivity index (χ1n) is 9.98. The van der Waals surface area contributed by atoms with Crippen molar-refractivity contribution in [3.63, 3.8) is 0 Å². The maximum Gasteiger partial charge on any atom is 0.218 e. The van der Waals surface area contributed by atoms with E-state index in [1.54, 1.807) is 12.4 Å². The van der Waals surface area contributed by atoms with E-state index in [0.717, 1.165) is 30.7 Å². The van der Waals surface area contributed by atoms with Crippen LogP contribution in [-0.4, -0.2) is 29.1 Å². The van der Waals surface area contributed by atoms with Crippen LogP contribution in [0.3, 0.4) is 0 Å². The summed E-state index contributed by atoms with van der Waals surface area (Å²) in [6.45, 7) is 12.8. The molecule has 0 spiro atoms. The van der Waals surface area contributed by atoms with E-state index in [1.807, 2.05) is 19.1 Å². The molecule has 0 saturated carbocycles. The van der Waals surface area contributed by atoms with Gasteiger partial charge >= 0.3 is 0 Å². The van der Waals surface area contributed by atoms with Crippen molar-refractivity contribution in [3.05, 3.63) is 41.7 Å². The maximum absolute atomic E-state index is 5.83. The molecule has 0 aliphatic rings. The molecule has 2 rings (SSSR count). The van der Waals surface area contributed by atoms with Crippen LogP contribution in [0.15, 0.2) is 33.9 Å². The number of nitrogens with one attached hydrogen (secondary N) is 2. The average Bonchev–Trinajstić information content (AvgIpc) is 3.15. The topological polar surface area (TPSA) is 84.6 Å². The van der Waals surface area contributed by atoms with E-state index in [0.29, 0.717) is 37.4 Å². The van der Waals surface area contributed by atoms with Gasteiger partial charge in [-0.2, -0.15) is 0 Å². The molecule has 0 bridgehead atoms. The molecule has 7 nitrogen and oxygen atoms in total. The highest BCUT2D eigenvalue weighted by Gasteiger charge is 2.19. The Bertz CT molecular complexity index is 756. The van der Waals surface area contributed by atoms with Gasteiger partial charge in [0.1, 0.15) is 5.76 Å². The number of rotatable bonds is 9. The molecule has 0 saturated heterocycles. The molecular formula is C21H34IN5O2. The maximum atomic E-state index is 5.83. The van der Waals surface area contributed by atoms with Gasteiger partial charge in [-0.05, 0) is 19.4 Å². The van der Waals surface area contributed by atoms with Crippen LogP contribution in [0.4, 0.5) is 0 Å². The standard InChI is InChI=1S/C21H33N5O2.HI/c1-6-8-12-27-19-16(10-9-11-23-19)13-25-20(22-7-2)26-15-18-24-14-17(28-18)21(3,4)5;/h9-11,14H,6-8,12-13,15H2,1-5H3,(H2,22,25,26);1H. The van der Waals surface area contributed by atoms with Crippen LogP contribution in [0.25, 0.3) is 0 Å². The SMILES string of the molecule is CCCCOc1ncccc1CN=C(NCC)NCc1ncc(C(C)(C)C)o1.I. The summed E-state index contributed by atoms with van der Waals surface area (Å²) in [6.07, 6.45) is 5.63. The van der Waals surface area contributed by atoms with E-state index in [2.05, 4.69) is 53.3 Å². The Hall–Kier alpha value is -1.84. The van der Waals surface area contributed by atoms with Crippen molar-refractivity contribution in [3.8, 4) is 5.88 Å². The van der Waals surface area contributed by atoms with Gasteiger partial charge in [-0.1, -0.05) is 40.2 Å². The van der Waals surface area contributed by atoms with Gasteiger partial charge in [-0.3, -0.25) is 0 Å². The zero-order chi connectivity index (χ0) is 20.4. The molecule has 162 valence electrons. The summed E-state index contributed by atoms with van der Waals surface area (Å²) in [7, 11) is 0. The smallest absolute Gasteiger partial charge is 0.218 e. The van der Waals surface area contributed by atoms with Crippen LogP contribution in [0.1, 0.15) is 64.7 Å². The molecule has 0 fully saturated rings. The number of nitrogens with zero attached hydrogens (tertiary/aromatic N) is 3. The monoisotopic (exact) mass is 515 g/mol. The number of unbranched alkanes of at least 4 members (excludes halogenated alkanes) is 1. The van der Waals surface area contributed by atoms with Crippen molar-refractivity contribution in [2.75, 3.05) is 13.2 Å².